The lowest BCUT2D eigenvalue weighted by atomic mass is 10.0. The highest BCUT2D eigenvalue weighted by molar-refractivity contribution is 5.82. The third-order valence-electron chi connectivity index (χ3n) is 7.65. The van der Waals surface area contributed by atoms with Crippen LogP contribution in [0.2, 0.25) is 0 Å². The van der Waals surface area contributed by atoms with Gasteiger partial charge in [-0.15, -0.1) is 5.10 Å². The minimum Gasteiger partial charge on any atom is -0.454 e. The fourth-order valence-corrected chi connectivity index (χ4v) is 5.78. The summed E-state index contributed by atoms with van der Waals surface area (Å²) in [4.78, 5) is 18.7. The van der Waals surface area contributed by atoms with Crippen molar-refractivity contribution in [3.63, 3.8) is 0 Å². The Morgan fingerprint density at radius 2 is 2.00 bits per heavy atom. The SMILES string of the molecule is CC[C@H](c1nnnn1C[C@H]1CCCO1)N(Cc1ccc2c(c1)OCO2)Cc1cc2cc(C)cc(C)c2[nH]c1=O. The number of tetrazole rings is 1. The van der Waals surface area contributed by atoms with E-state index in [1.807, 2.05) is 35.9 Å². The van der Waals surface area contributed by atoms with E-state index in [0.29, 0.717) is 25.2 Å². The van der Waals surface area contributed by atoms with Crippen molar-refractivity contribution in [2.75, 3.05) is 13.4 Å². The van der Waals surface area contributed by atoms with E-state index in [-0.39, 0.29) is 24.5 Å². The Hall–Kier alpha value is -3.76. The van der Waals surface area contributed by atoms with Crippen LogP contribution in [0.5, 0.6) is 11.5 Å². The number of hydrogen-bond acceptors (Lipinski definition) is 8. The quantitative estimate of drug-likeness (QED) is 0.343. The number of nitrogens with zero attached hydrogens (tertiary/aromatic N) is 5. The van der Waals surface area contributed by atoms with Gasteiger partial charge in [-0.1, -0.05) is 24.6 Å². The molecule has 4 heterocycles. The van der Waals surface area contributed by atoms with Crippen molar-refractivity contribution in [1.82, 2.24) is 30.1 Å². The van der Waals surface area contributed by atoms with Gasteiger partial charge in [0.15, 0.2) is 17.3 Å². The molecule has 2 aliphatic rings. The summed E-state index contributed by atoms with van der Waals surface area (Å²) in [5, 5.41) is 13.8. The van der Waals surface area contributed by atoms with Crippen molar-refractivity contribution in [3.8, 4) is 11.5 Å². The summed E-state index contributed by atoms with van der Waals surface area (Å²) in [5.74, 6) is 2.26. The Morgan fingerprint density at radius 1 is 1.13 bits per heavy atom. The first-order chi connectivity index (χ1) is 19.0. The summed E-state index contributed by atoms with van der Waals surface area (Å²) in [5.41, 5.74) is 4.77. The van der Waals surface area contributed by atoms with E-state index in [2.05, 4.69) is 51.4 Å². The summed E-state index contributed by atoms with van der Waals surface area (Å²) in [7, 11) is 0. The summed E-state index contributed by atoms with van der Waals surface area (Å²) in [6, 6.07) is 12.1. The van der Waals surface area contributed by atoms with Crippen LogP contribution in [0.3, 0.4) is 0 Å². The summed E-state index contributed by atoms with van der Waals surface area (Å²) in [6.45, 7) is 8.85. The minimum atomic E-state index is -0.124. The van der Waals surface area contributed by atoms with Crippen molar-refractivity contribution in [2.24, 2.45) is 0 Å². The molecule has 0 radical (unpaired) electrons. The van der Waals surface area contributed by atoms with Crippen LogP contribution in [-0.2, 0) is 24.4 Å². The Morgan fingerprint density at radius 3 is 2.82 bits per heavy atom. The van der Waals surface area contributed by atoms with Crippen LogP contribution >= 0.6 is 0 Å². The predicted molar refractivity (Wildman–Crippen MR) is 146 cm³/mol. The number of hydrogen-bond donors (Lipinski definition) is 1. The number of pyridine rings is 1. The molecular formula is C29H34N6O4. The van der Waals surface area contributed by atoms with Gasteiger partial charge < -0.3 is 19.2 Å². The summed E-state index contributed by atoms with van der Waals surface area (Å²) >= 11 is 0. The van der Waals surface area contributed by atoms with E-state index < -0.39 is 0 Å². The second kappa shape index (κ2) is 10.8. The smallest absolute Gasteiger partial charge is 0.252 e. The summed E-state index contributed by atoms with van der Waals surface area (Å²) in [6.07, 6.45) is 2.93. The van der Waals surface area contributed by atoms with Crippen molar-refractivity contribution in [3.05, 3.63) is 74.8 Å². The highest BCUT2D eigenvalue weighted by Crippen LogP contribution is 2.34. The maximum absolute atomic E-state index is 13.3. The molecule has 0 unspecified atom stereocenters. The largest absolute Gasteiger partial charge is 0.454 e. The molecule has 0 aliphatic carbocycles. The van der Waals surface area contributed by atoms with E-state index in [1.165, 1.54) is 0 Å². The van der Waals surface area contributed by atoms with Crippen LogP contribution in [-0.4, -0.2) is 49.6 Å². The van der Waals surface area contributed by atoms with Crippen molar-refractivity contribution in [2.45, 2.75) is 71.8 Å². The van der Waals surface area contributed by atoms with E-state index >= 15 is 0 Å². The van der Waals surface area contributed by atoms with Gasteiger partial charge in [0, 0.05) is 25.3 Å². The molecule has 0 saturated carbocycles. The molecule has 39 heavy (non-hydrogen) atoms. The molecule has 2 aromatic carbocycles. The van der Waals surface area contributed by atoms with Crippen LogP contribution in [0.15, 0.2) is 41.2 Å². The van der Waals surface area contributed by atoms with Crippen LogP contribution in [0.25, 0.3) is 10.9 Å². The molecule has 2 aromatic heterocycles. The number of nitrogens with one attached hydrogen (secondary N) is 1. The molecule has 2 aliphatic heterocycles. The first kappa shape index (κ1) is 25.5. The van der Waals surface area contributed by atoms with E-state index in [1.54, 1.807) is 0 Å². The van der Waals surface area contributed by atoms with Gasteiger partial charge in [-0.2, -0.15) is 0 Å². The second-order valence-corrected chi connectivity index (χ2v) is 10.5. The van der Waals surface area contributed by atoms with Gasteiger partial charge in [-0.05, 0) is 84.3 Å². The molecule has 1 N–H and O–H groups in total. The van der Waals surface area contributed by atoms with Crippen molar-refractivity contribution < 1.29 is 14.2 Å². The average molecular weight is 531 g/mol. The Kier molecular flexibility index (Phi) is 7.05. The third kappa shape index (κ3) is 5.26. The fourth-order valence-electron chi connectivity index (χ4n) is 5.78. The van der Waals surface area contributed by atoms with Gasteiger partial charge in [0.05, 0.1) is 24.2 Å². The third-order valence-corrected chi connectivity index (χ3v) is 7.65. The van der Waals surface area contributed by atoms with Gasteiger partial charge >= 0.3 is 0 Å². The number of aromatic nitrogens is 5. The number of aromatic amines is 1. The fraction of sp³-hybridized carbons (Fsp3) is 0.448. The molecule has 10 heteroatoms. The van der Waals surface area contributed by atoms with Gasteiger partial charge in [0.25, 0.3) is 5.56 Å². The number of fused-ring (bicyclic) bond motifs is 2. The zero-order valence-corrected chi connectivity index (χ0v) is 22.6. The van der Waals surface area contributed by atoms with E-state index in [4.69, 9.17) is 14.2 Å². The highest BCUT2D eigenvalue weighted by Gasteiger charge is 2.28. The molecule has 1 saturated heterocycles. The number of aryl methyl sites for hydroxylation is 2. The van der Waals surface area contributed by atoms with Gasteiger partial charge in [0.1, 0.15) is 0 Å². The first-order valence-electron chi connectivity index (χ1n) is 13.6. The lowest BCUT2D eigenvalue weighted by Crippen LogP contribution is -2.33. The van der Waals surface area contributed by atoms with Crippen LogP contribution in [0, 0.1) is 13.8 Å². The normalized spacial score (nSPS) is 17.4. The van der Waals surface area contributed by atoms with E-state index in [9.17, 15) is 4.79 Å². The topological polar surface area (TPSA) is 107 Å². The van der Waals surface area contributed by atoms with Gasteiger partial charge in [-0.25, -0.2) is 4.68 Å². The molecule has 4 aromatic rings. The number of rotatable bonds is 9. The van der Waals surface area contributed by atoms with Crippen molar-refractivity contribution >= 4 is 10.9 Å². The highest BCUT2D eigenvalue weighted by atomic mass is 16.7. The maximum atomic E-state index is 13.3. The van der Waals surface area contributed by atoms with Crippen LogP contribution < -0.4 is 15.0 Å². The number of H-pyrrole nitrogens is 1. The zero-order chi connectivity index (χ0) is 26.9. The molecule has 1 fully saturated rings. The average Bonchev–Trinajstić information content (AvgIpc) is 3.69. The molecule has 0 spiro atoms. The monoisotopic (exact) mass is 530 g/mol. The Balaban J connectivity index is 1.37. The van der Waals surface area contributed by atoms with Crippen LogP contribution in [0.1, 0.15) is 60.3 Å². The second-order valence-electron chi connectivity index (χ2n) is 10.5. The zero-order valence-electron chi connectivity index (χ0n) is 22.6. The standard InChI is InChI=1S/C29H34N6O4/c1-4-24(28-31-32-33-35(28)16-23-6-5-9-37-23)34(14-20-7-8-25-26(12-20)39-17-38-25)15-22-13-21-11-18(2)10-19(3)27(21)30-29(22)36/h7-8,10-13,23-24H,4-6,9,14-17H2,1-3H3,(H,30,36)/t23-,24-/m1/s1. The first-order valence-corrected chi connectivity index (χ1v) is 13.6. The molecule has 204 valence electrons. The maximum Gasteiger partial charge on any atom is 0.252 e. The Labute approximate surface area is 226 Å². The predicted octanol–water partition coefficient (Wildman–Crippen LogP) is 4.19. The number of ether oxygens (including phenoxy) is 3. The lowest BCUT2D eigenvalue weighted by molar-refractivity contribution is 0.0888. The molecular weight excluding hydrogens is 496 g/mol. The molecule has 6 rings (SSSR count). The lowest BCUT2D eigenvalue weighted by Gasteiger charge is -2.30. The Bertz CT molecular complexity index is 1540. The number of benzene rings is 2. The van der Waals surface area contributed by atoms with Gasteiger partial charge in [-0.3, -0.25) is 9.69 Å². The molecule has 10 nitrogen and oxygen atoms in total. The van der Waals surface area contributed by atoms with Crippen molar-refractivity contribution in [1.29, 1.82) is 0 Å². The summed E-state index contributed by atoms with van der Waals surface area (Å²) < 4.78 is 18.9. The minimum absolute atomic E-state index is 0.0843. The molecule has 0 bridgehead atoms. The van der Waals surface area contributed by atoms with E-state index in [0.717, 1.165) is 70.8 Å². The molecule has 0 amide bonds. The van der Waals surface area contributed by atoms with Crippen LogP contribution in [0.4, 0.5) is 0 Å². The molecule has 2 atom stereocenters. The van der Waals surface area contributed by atoms with Gasteiger partial charge in [0.2, 0.25) is 6.79 Å².